The van der Waals surface area contributed by atoms with Crippen LogP contribution in [0.3, 0.4) is 0 Å². The van der Waals surface area contributed by atoms with E-state index in [4.69, 9.17) is 9.84 Å². The van der Waals surface area contributed by atoms with E-state index in [0.717, 1.165) is 5.56 Å². The lowest BCUT2D eigenvalue weighted by atomic mass is 9.98. The minimum atomic E-state index is -1.65. The number of halogens is 1. The highest BCUT2D eigenvalue weighted by molar-refractivity contribution is 5.69. The van der Waals surface area contributed by atoms with Crippen molar-refractivity contribution in [3.63, 3.8) is 0 Å². The van der Waals surface area contributed by atoms with Crippen LogP contribution in [0.4, 0.5) is 9.18 Å². The average molecular weight is 239 g/mol. The number of alkyl halides is 1. The van der Waals surface area contributed by atoms with E-state index in [2.05, 4.69) is 0 Å². The molecule has 1 saturated heterocycles. The van der Waals surface area contributed by atoms with E-state index in [1.165, 1.54) is 4.90 Å². The molecule has 1 heterocycles. The minimum absolute atomic E-state index is 0.100. The van der Waals surface area contributed by atoms with Crippen LogP contribution in [0, 0.1) is 0 Å². The van der Waals surface area contributed by atoms with Crippen molar-refractivity contribution in [3.8, 4) is 0 Å². The predicted octanol–water partition coefficient (Wildman–Crippen LogP) is 1.34. The number of aliphatic hydroxyl groups excluding tert-OH is 1. The molecule has 0 aliphatic carbocycles. The molecule has 1 aliphatic heterocycles. The summed E-state index contributed by atoms with van der Waals surface area (Å²) in [4.78, 5) is 12.7. The number of likely N-dealkylation sites (tertiary alicyclic amines) is 1. The number of hydrogen-bond donors (Lipinski definition) is 1. The number of hydrogen-bond acceptors (Lipinski definition) is 3. The number of aliphatic hydroxyl groups is 1. The normalized spacial score (nSPS) is 17.4. The maximum absolute atomic E-state index is 13.3. The van der Waals surface area contributed by atoms with Gasteiger partial charge >= 0.3 is 6.09 Å². The lowest BCUT2D eigenvalue weighted by Crippen LogP contribution is -2.62. The number of nitrogens with zero attached hydrogens (tertiary/aromatic N) is 1. The molecule has 0 spiro atoms. The maximum Gasteiger partial charge on any atom is 0.410 e. The van der Waals surface area contributed by atoms with Crippen LogP contribution < -0.4 is 0 Å². The SMILES string of the molecule is O=C(OCc1ccccc1)N1CC(F)(CO)C1. The van der Waals surface area contributed by atoms with Crippen LogP contribution in [0.25, 0.3) is 0 Å². The monoisotopic (exact) mass is 239 g/mol. The van der Waals surface area contributed by atoms with Gasteiger partial charge in [0.15, 0.2) is 5.67 Å². The summed E-state index contributed by atoms with van der Waals surface area (Å²) in [6.45, 7) is -0.585. The van der Waals surface area contributed by atoms with Gasteiger partial charge in [-0.15, -0.1) is 0 Å². The average Bonchev–Trinajstić information content (AvgIpc) is 2.33. The first-order valence-electron chi connectivity index (χ1n) is 5.38. The van der Waals surface area contributed by atoms with Crippen molar-refractivity contribution in [2.45, 2.75) is 12.3 Å². The summed E-state index contributed by atoms with van der Waals surface area (Å²) >= 11 is 0. The van der Waals surface area contributed by atoms with Crippen LogP contribution in [-0.2, 0) is 11.3 Å². The van der Waals surface area contributed by atoms with E-state index in [-0.39, 0.29) is 19.7 Å². The fourth-order valence-electron chi connectivity index (χ4n) is 1.68. The van der Waals surface area contributed by atoms with Gasteiger partial charge in [-0.25, -0.2) is 9.18 Å². The van der Waals surface area contributed by atoms with Crippen molar-refractivity contribution in [3.05, 3.63) is 35.9 Å². The summed E-state index contributed by atoms with van der Waals surface area (Å²) in [5.74, 6) is 0. The third-order valence-corrected chi connectivity index (χ3v) is 2.70. The number of rotatable bonds is 3. The molecule has 0 aromatic heterocycles. The van der Waals surface area contributed by atoms with Gasteiger partial charge in [0.05, 0.1) is 19.7 Å². The molecule has 1 aromatic rings. The highest BCUT2D eigenvalue weighted by Gasteiger charge is 2.46. The summed E-state index contributed by atoms with van der Waals surface area (Å²) < 4.78 is 18.3. The molecule has 1 amide bonds. The number of ether oxygens (including phenoxy) is 1. The molecule has 1 fully saturated rings. The standard InChI is InChI=1S/C12H14FNO3/c13-12(9-15)7-14(8-12)11(16)17-6-10-4-2-1-3-5-10/h1-5,15H,6-9H2. The van der Waals surface area contributed by atoms with Crippen LogP contribution in [-0.4, -0.2) is 41.5 Å². The summed E-state index contributed by atoms with van der Waals surface area (Å²) in [7, 11) is 0. The molecule has 2 rings (SSSR count). The number of carbonyl (C=O) groups is 1. The van der Waals surface area contributed by atoms with E-state index in [9.17, 15) is 9.18 Å². The molecule has 0 atom stereocenters. The zero-order chi connectivity index (χ0) is 12.3. The Balaban J connectivity index is 1.76. The Morgan fingerprint density at radius 1 is 1.41 bits per heavy atom. The van der Waals surface area contributed by atoms with Gasteiger partial charge in [-0.1, -0.05) is 30.3 Å². The van der Waals surface area contributed by atoms with E-state index in [1.54, 1.807) is 0 Å². The van der Waals surface area contributed by atoms with Crippen molar-refractivity contribution in [1.82, 2.24) is 4.90 Å². The number of amides is 1. The van der Waals surface area contributed by atoms with Crippen molar-refractivity contribution in [1.29, 1.82) is 0 Å². The molecular formula is C12H14FNO3. The smallest absolute Gasteiger partial charge is 0.410 e. The predicted molar refractivity (Wildman–Crippen MR) is 59.1 cm³/mol. The maximum atomic E-state index is 13.3. The fourth-order valence-corrected chi connectivity index (χ4v) is 1.68. The molecule has 0 saturated carbocycles. The van der Waals surface area contributed by atoms with E-state index in [0.29, 0.717) is 0 Å². The van der Waals surface area contributed by atoms with Crippen LogP contribution in [0.15, 0.2) is 30.3 Å². The second-order valence-corrected chi connectivity index (χ2v) is 4.21. The van der Waals surface area contributed by atoms with Gasteiger partial charge in [0.2, 0.25) is 0 Å². The van der Waals surface area contributed by atoms with Crippen molar-refractivity contribution in [2.75, 3.05) is 19.7 Å². The molecule has 1 aliphatic rings. The molecule has 1 N–H and O–H groups in total. The first-order valence-corrected chi connectivity index (χ1v) is 5.38. The Morgan fingerprint density at radius 2 is 2.06 bits per heavy atom. The molecular weight excluding hydrogens is 225 g/mol. The summed E-state index contributed by atoms with van der Waals surface area (Å²) in [6, 6.07) is 9.27. The third-order valence-electron chi connectivity index (χ3n) is 2.70. The van der Waals surface area contributed by atoms with E-state index < -0.39 is 18.4 Å². The summed E-state index contributed by atoms with van der Waals surface area (Å²) in [5, 5.41) is 8.70. The van der Waals surface area contributed by atoms with Gasteiger partial charge in [0.25, 0.3) is 0 Å². The van der Waals surface area contributed by atoms with E-state index >= 15 is 0 Å². The molecule has 4 nitrogen and oxygen atoms in total. The molecule has 5 heteroatoms. The van der Waals surface area contributed by atoms with Crippen LogP contribution in [0.5, 0.6) is 0 Å². The third kappa shape index (κ3) is 2.74. The topological polar surface area (TPSA) is 49.8 Å². The largest absolute Gasteiger partial charge is 0.445 e. The molecule has 0 bridgehead atoms. The van der Waals surface area contributed by atoms with Crippen molar-refractivity contribution >= 4 is 6.09 Å². The second-order valence-electron chi connectivity index (χ2n) is 4.21. The highest BCUT2D eigenvalue weighted by Crippen LogP contribution is 2.25. The van der Waals surface area contributed by atoms with Gasteiger partial charge in [0, 0.05) is 0 Å². The summed E-state index contributed by atoms with van der Waals surface area (Å²) in [6.07, 6.45) is -0.546. The lowest BCUT2D eigenvalue weighted by Gasteiger charge is -2.42. The molecule has 0 radical (unpaired) electrons. The van der Waals surface area contributed by atoms with Crippen LogP contribution >= 0.6 is 0 Å². The van der Waals surface area contributed by atoms with Crippen LogP contribution in [0.2, 0.25) is 0 Å². The Kier molecular flexibility index (Phi) is 3.28. The lowest BCUT2D eigenvalue weighted by molar-refractivity contribution is -0.0609. The first kappa shape index (κ1) is 11.9. The number of carbonyl (C=O) groups excluding carboxylic acids is 1. The van der Waals surface area contributed by atoms with Gasteiger partial charge in [-0.3, -0.25) is 0 Å². The van der Waals surface area contributed by atoms with Gasteiger partial charge < -0.3 is 14.7 Å². The molecule has 92 valence electrons. The number of benzene rings is 1. The second kappa shape index (κ2) is 4.71. The fraction of sp³-hybridized carbons (Fsp3) is 0.417. The van der Waals surface area contributed by atoms with Crippen molar-refractivity contribution in [2.24, 2.45) is 0 Å². The Morgan fingerprint density at radius 3 is 2.65 bits per heavy atom. The highest BCUT2D eigenvalue weighted by atomic mass is 19.1. The zero-order valence-corrected chi connectivity index (χ0v) is 9.30. The summed E-state index contributed by atoms with van der Waals surface area (Å²) in [5.41, 5.74) is -0.763. The zero-order valence-electron chi connectivity index (χ0n) is 9.30. The molecule has 0 unspecified atom stereocenters. The minimum Gasteiger partial charge on any atom is -0.445 e. The first-order chi connectivity index (χ1) is 8.13. The van der Waals surface area contributed by atoms with Crippen LogP contribution in [0.1, 0.15) is 5.56 Å². The molecule has 17 heavy (non-hydrogen) atoms. The van der Waals surface area contributed by atoms with E-state index in [1.807, 2.05) is 30.3 Å². The van der Waals surface area contributed by atoms with Gasteiger partial charge in [-0.2, -0.15) is 0 Å². The van der Waals surface area contributed by atoms with Crippen molar-refractivity contribution < 1.29 is 19.0 Å². The molecule has 1 aromatic carbocycles. The quantitative estimate of drug-likeness (QED) is 0.866. The Hall–Kier alpha value is -1.62. The Bertz CT molecular complexity index is 390. The Labute approximate surface area is 98.6 Å². The van der Waals surface area contributed by atoms with Gasteiger partial charge in [-0.05, 0) is 5.56 Å². The van der Waals surface area contributed by atoms with Gasteiger partial charge in [0.1, 0.15) is 6.61 Å².